The van der Waals surface area contributed by atoms with Crippen LogP contribution in [0.25, 0.3) is 0 Å². The van der Waals surface area contributed by atoms with Gasteiger partial charge in [-0.1, -0.05) is 13.8 Å². The van der Waals surface area contributed by atoms with E-state index in [1.54, 1.807) is 10.9 Å². The molecule has 5 nitrogen and oxygen atoms in total. The highest BCUT2D eigenvalue weighted by Crippen LogP contribution is 2.19. The molecule has 2 N–H and O–H groups in total. The highest BCUT2D eigenvalue weighted by molar-refractivity contribution is 5.10. The largest absolute Gasteiger partial charge is 0.379 e. The summed E-state index contributed by atoms with van der Waals surface area (Å²) in [5.74, 6) is 0.549. The van der Waals surface area contributed by atoms with Crippen LogP contribution in [0.3, 0.4) is 0 Å². The van der Waals surface area contributed by atoms with E-state index in [1.807, 2.05) is 20.2 Å². The van der Waals surface area contributed by atoms with Crippen molar-refractivity contribution in [2.24, 2.45) is 18.7 Å². The summed E-state index contributed by atoms with van der Waals surface area (Å²) in [6.45, 7) is 8.10. The molecule has 5 heteroatoms. The summed E-state index contributed by atoms with van der Waals surface area (Å²) in [5, 5.41) is 4.14. The van der Waals surface area contributed by atoms with Gasteiger partial charge in [-0.2, -0.15) is 5.10 Å². The maximum atomic E-state index is 5.94. The van der Waals surface area contributed by atoms with Gasteiger partial charge in [0.05, 0.1) is 19.4 Å². The van der Waals surface area contributed by atoms with Crippen LogP contribution in [0.4, 0.5) is 0 Å². The van der Waals surface area contributed by atoms with Crippen molar-refractivity contribution in [3.05, 3.63) is 18.0 Å². The van der Waals surface area contributed by atoms with Crippen molar-refractivity contribution in [2.75, 3.05) is 19.8 Å². The van der Waals surface area contributed by atoms with Crippen LogP contribution in [0, 0.1) is 5.92 Å². The zero-order chi connectivity index (χ0) is 13.5. The van der Waals surface area contributed by atoms with Crippen LogP contribution in [0.2, 0.25) is 0 Å². The number of hydrogen-bond donors (Lipinski definition) is 1. The van der Waals surface area contributed by atoms with E-state index in [2.05, 4.69) is 18.9 Å². The number of aromatic nitrogens is 2. The first kappa shape index (κ1) is 15.1. The van der Waals surface area contributed by atoms with Crippen LogP contribution in [0.1, 0.15) is 32.4 Å². The minimum atomic E-state index is -0.124. The third kappa shape index (κ3) is 5.16. The Morgan fingerprint density at radius 1 is 1.33 bits per heavy atom. The molecule has 1 aromatic heterocycles. The van der Waals surface area contributed by atoms with Gasteiger partial charge in [-0.25, -0.2) is 0 Å². The highest BCUT2D eigenvalue weighted by Gasteiger charge is 2.18. The van der Waals surface area contributed by atoms with Gasteiger partial charge in [-0.05, 0) is 12.8 Å². The van der Waals surface area contributed by atoms with Gasteiger partial charge in [0.1, 0.15) is 6.10 Å². The van der Waals surface area contributed by atoms with Crippen LogP contribution in [0.15, 0.2) is 12.4 Å². The molecule has 2 unspecified atom stereocenters. The second kappa shape index (κ2) is 7.51. The van der Waals surface area contributed by atoms with E-state index in [9.17, 15) is 0 Å². The van der Waals surface area contributed by atoms with Crippen LogP contribution in [-0.4, -0.2) is 35.6 Å². The number of nitrogens with zero attached hydrogens (tertiary/aromatic N) is 2. The lowest BCUT2D eigenvalue weighted by Crippen LogP contribution is -2.28. The molecule has 1 aromatic rings. The average Bonchev–Trinajstić information content (AvgIpc) is 2.69. The molecule has 0 amide bonds. The van der Waals surface area contributed by atoms with Crippen molar-refractivity contribution in [3.63, 3.8) is 0 Å². The maximum absolute atomic E-state index is 5.94. The van der Waals surface area contributed by atoms with Crippen molar-refractivity contribution < 1.29 is 9.47 Å². The molecular weight excluding hydrogens is 230 g/mol. The summed E-state index contributed by atoms with van der Waals surface area (Å²) < 4.78 is 13.0. The molecule has 0 saturated heterocycles. The molecule has 0 saturated carbocycles. The van der Waals surface area contributed by atoms with E-state index < -0.39 is 0 Å². The van der Waals surface area contributed by atoms with Gasteiger partial charge >= 0.3 is 0 Å². The van der Waals surface area contributed by atoms with Crippen molar-refractivity contribution in [1.29, 1.82) is 0 Å². The van der Waals surface area contributed by atoms with Crippen molar-refractivity contribution >= 4 is 0 Å². The first-order chi connectivity index (χ1) is 8.50. The SMILES string of the molecule is CC(C)COCCOC(c1cnn(C)c1)C(C)N. The molecule has 1 rings (SSSR count). The number of nitrogens with two attached hydrogens (primary N) is 1. The smallest absolute Gasteiger partial charge is 0.100 e. The van der Waals surface area contributed by atoms with Gasteiger partial charge in [0, 0.05) is 31.5 Å². The Balaban J connectivity index is 2.35. The van der Waals surface area contributed by atoms with Crippen molar-refractivity contribution in [1.82, 2.24) is 9.78 Å². The molecule has 0 aromatic carbocycles. The van der Waals surface area contributed by atoms with E-state index in [4.69, 9.17) is 15.2 Å². The van der Waals surface area contributed by atoms with Gasteiger partial charge in [-0.3, -0.25) is 4.68 Å². The lowest BCUT2D eigenvalue weighted by Gasteiger charge is -2.20. The van der Waals surface area contributed by atoms with Gasteiger partial charge in [0.15, 0.2) is 0 Å². The lowest BCUT2D eigenvalue weighted by atomic mass is 10.1. The van der Waals surface area contributed by atoms with Gasteiger partial charge in [-0.15, -0.1) is 0 Å². The minimum Gasteiger partial charge on any atom is -0.379 e. The van der Waals surface area contributed by atoms with E-state index >= 15 is 0 Å². The molecular formula is C13H25N3O2. The summed E-state index contributed by atoms with van der Waals surface area (Å²) in [6, 6.07) is -0.0701. The first-order valence-electron chi connectivity index (χ1n) is 6.44. The predicted molar refractivity (Wildman–Crippen MR) is 71.2 cm³/mol. The average molecular weight is 255 g/mol. The lowest BCUT2D eigenvalue weighted by molar-refractivity contribution is -0.00960. The van der Waals surface area contributed by atoms with Gasteiger partial charge in [0.25, 0.3) is 0 Å². The second-order valence-electron chi connectivity index (χ2n) is 5.07. The summed E-state index contributed by atoms with van der Waals surface area (Å²) in [7, 11) is 1.88. The van der Waals surface area contributed by atoms with E-state index in [0.29, 0.717) is 19.1 Å². The number of aryl methyl sites for hydroxylation is 1. The van der Waals surface area contributed by atoms with E-state index in [1.165, 1.54) is 0 Å². The fraction of sp³-hybridized carbons (Fsp3) is 0.769. The molecule has 18 heavy (non-hydrogen) atoms. The molecule has 0 fully saturated rings. The number of hydrogen-bond acceptors (Lipinski definition) is 4. The predicted octanol–water partition coefficient (Wildman–Crippen LogP) is 1.50. The first-order valence-corrected chi connectivity index (χ1v) is 6.44. The number of rotatable bonds is 8. The molecule has 0 radical (unpaired) electrons. The molecule has 0 spiro atoms. The van der Waals surface area contributed by atoms with Gasteiger partial charge < -0.3 is 15.2 Å². The van der Waals surface area contributed by atoms with Crippen LogP contribution < -0.4 is 5.73 Å². The van der Waals surface area contributed by atoms with Gasteiger partial charge in [0.2, 0.25) is 0 Å². The van der Waals surface area contributed by atoms with Crippen LogP contribution >= 0.6 is 0 Å². The maximum Gasteiger partial charge on any atom is 0.100 e. The Hall–Kier alpha value is -0.910. The molecule has 0 aliphatic carbocycles. The Kier molecular flexibility index (Phi) is 6.32. The Bertz CT molecular complexity index is 337. The Morgan fingerprint density at radius 2 is 2.06 bits per heavy atom. The number of ether oxygens (including phenoxy) is 2. The zero-order valence-corrected chi connectivity index (χ0v) is 11.8. The van der Waals surface area contributed by atoms with Crippen molar-refractivity contribution in [3.8, 4) is 0 Å². The molecule has 0 bridgehead atoms. The monoisotopic (exact) mass is 255 g/mol. The Morgan fingerprint density at radius 3 is 2.56 bits per heavy atom. The second-order valence-corrected chi connectivity index (χ2v) is 5.07. The topological polar surface area (TPSA) is 62.3 Å². The molecule has 0 aliphatic heterocycles. The summed E-state index contributed by atoms with van der Waals surface area (Å²) in [6.07, 6.45) is 3.60. The van der Waals surface area contributed by atoms with Crippen molar-refractivity contribution in [2.45, 2.75) is 32.9 Å². The molecule has 0 aliphatic rings. The summed E-state index contributed by atoms with van der Waals surface area (Å²) in [5.41, 5.74) is 6.95. The van der Waals surface area contributed by atoms with Crippen LogP contribution in [-0.2, 0) is 16.5 Å². The van der Waals surface area contributed by atoms with Crippen LogP contribution in [0.5, 0.6) is 0 Å². The quantitative estimate of drug-likeness (QED) is 0.715. The Labute approximate surface area is 109 Å². The highest BCUT2D eigenvalue weighted by atomic mass is 16.5. The molecule has 2 atom stereocenters. The summed E-state index contributed by atoms with van der Waals surface area (Å²) in [4.78, 5) is 0. The third-order valence-corrected chi connectivity index (χ3v) is 2.51. The fourth-order valence-corrected chi connectivity index (χ4v) is 1.69. The summed E-state index contributed by atoms with van der Waals surface area (Å²) >= 11 is 0. The standard InChI is InChI=1S/C13H25N3O2/c1-10(2)9-17-5-6-18-13(11(3)14)12-7-15-16(4)8-12/h7-8,10-11,13H,5-6,9,14H2,1-4H3. The van der Waals surface area contributed by atoms with E-state index in [0.717, 1.165) is 12.2 Å². The molecule has 1 heterocycles. The zero-order valence-electron chi connectivity index (χ0n) is 11.8. The third-order valence-electron chi connectivity index (χ3n) is 2.51. The normalized spacial score (nSPS) is 15.0. The minimum absolute atomic E-state index is 0.0701. The fourth-order valence-electron chi connectivity index (χ4n) is 1.69. The molecule has 104 valence electrons. The van der Waals surface area contributed by atoms with E-state index in [-0.39, 0.29) is 12.1 Å².